The third-order valence-corrected chi connectivity index (χ3v) is 3.39. The van der Waals surface area contributed by atoms with Gasteiger partial charge >= 0.3 is 0 Å². The summed E-state index contributed by atoms with van der Waals surface area (Å²) in [5.74, 6) is 0.996. The molecule has 0 fully saturated rings. The summed E-state index contributed by atoms with van der Waals surface area (Å²) in [4.78, 5) is 11.9. The fourth-order valence-corrected chi connectivity index (χ4v) is 2.05. The van der Waals surface area contributed by atoms with E-state index in [9.17, 15) is 4.79 Å². The normalized spacial score (nSPS) is 10.6. The van der Waals surface area contributed by atoms with E-state index < -0.39 is 0 Å². The standard InChI is InChI=1S/C18H19ClN2O3/c1-3-10-24-16-9-4-13(11-17(16)23-2)12-20-21-18(22)14-5-7-15(19)8-6-14/h4-9,11-12H,3,10H2,1-2H3,(H,21,22)/b20-12+. The molecule has 0 unspecified atom stereocenters. The van der Waals surface area contributed by atoms with Crippen molar-refractivity contribution in [2.45, 2.75) is 13.3 Å². The SMILES string of the molecule is CCCOc1ccc(/C=N/NC(=O)c2ccc(Cl)cc2)cc1OC. The van der Waals surface area contributed by atoms with Gasteiger partial charge in [-0.2, -0.15) is 5.10 Å². The minimum absolute atomic E-state index is 0.308. The van der Waals surface area contributed by atoms with Gasteiger partial charge in [0.05, 0.1) is 19.9 Å². The quantitative estimate of drug-likeness (QED) is 0.611. The van der Waals surface area contributed by atoms with Crippen LogP contribution in [-0.2, 0) is 0 Å². The number of methoxy groups -OCH3 is 1. The first kappa shape index (κ1) is 17.8. The smallest absolute Gasteiger partial charge is 0.271 e. The summed E-state index contributed by atoms with van der Waals surface area (Å²) in [6.45, 7) is 2.66. The molecule has 2 aromatic rings. The first-order valence-electron chi connectivity index (χ1n) is 7.54. The summed E-state index contributed by atoms with van der Waals surface area (Å²) < 4.78 is 10.9. The highest BCUT2D eigenvalue weighted by atomic mass is 35.5. The van der Waals surface area contributed by atoms with Crippen molar-refractivity contribution in [1.82, 2.24) is 5.43 Å². The predicted molar refractivity (Wildman–Crippen MR) is 95.3 cm³/mol. The Morgan fingerprint density at radius 1 is 1.21 bits per heavy atom. The molecule has 5 nitrogen and oxygen atoms in total. The lowest BCUT2D eigenvalue weighted by molar-refractivity contribution is 0.0955. The molecule has 126 valence electrons. The molecule has 2 aromatic carbocycles. The van der Waals surface area contributed by atoms with Gasteiger partial charge in [0.25, 0.3) is 5.91 Å². The van der Waals surface area contributed by atoms with Crippen LogP contribution in [0.5, 0.6) is 11.5 Å². The second kappa shape index (κ2) is 8.93. The van der Waals surface area contributed by atoms with Crippen molar-refractivity contribution in [2.24, 2.45) is 5.10 Å². The highest BCUT2D eigenvalue weighted by Crippen LogP contribution is 2.27. The van der Waals surface area contributed by atoms with Crippen molar-refractivity contribution >= 4 is 23.7 Å². The number of ether oxygens (including phenoxy) is 2. The second-order valence-electron chi connectivity index (χ2n) is 4.96. The molecule has 0 spiro atoms. The fraction of sp³-hybridized carbons (Fsp3) is 0.222. The number of halogens is 1. The van der Waals surface area contributed by atoms with E-state index in [1.807, 2.05) is 19.1 Å². The number of hydrogen-bond acceptors (Lipinski definition) is 4. The number of nitrogens with zero attached hydrogens (tertiary/aromatic N) is 1. The Bertz CT molecular complexity index is 715. The Kier molecular flexibility index (Phi) is 6.63. The van der Waals surface area contributed by atoms with E-state index in [0.29, 0.717) is 28.7 Å². The molecule has 24 heavy (non-hydrogen) atoms. The average Bonchev–Trinajstić information content (AvgIpc) is 2.60. The number of hydrazone groups is 1. The molecule has 0 saturated carbocycles. The van der Waals surface area contributed by atoms with Crippen LogP contribution in [0.25, 0.3) is 0 Å². The van der Waals surface area contributed by atoms with Gasteiger partial charge in [0.15, 0.2) is 11.5 Å². The number of carbonyl (C=O) groups is 1. The zero-order valence-electron chi connectivity index (χ0n) is 13.6. The summed E-state index contributed by atoms with van der Waals surface area (Å²) in [5, 5.41) is 4.53. The average molecular weight is 347 g/mol. The predicted octanol–water partition coefficient (Wildman–Crippen LogP) is 3.90. The third-order valence-electron chi connectivity index (χ3n) is 3.14. The molecular weight excluding hydrogens is 328 g/mol. The van der Waals surface area contributed by atoms with E-state index in [2.05, 4.69) is 10.5 Å². The molecule has 0 aromatic heterocycles. The van der Waals surface area contributed by atoms with Gasteiger partial charge in [-0.15, -0.1) is 0 Å². The number of nitrogens with one attached hydrogen (secondary N) is 1. The molecule has 0 saturated heterocycles. The summed E-state index contributed by atoms with van der Waals surface area (Å²) in [6, 6.07) is 12.0. The maximum atomic E-state index is 11.9. The van der Waals surface area contributed by atoms with Gasteiger partial charge in [-0.1, -0.05) is 18.5 Å². The maximum Gasteiger partial charge on any atom is 0.271 e. The lowest BCUT2D eigenvalue weighted by Crippen LogP contribution is -2.17. The van der Waals surface area contributed by atoms with Gasteiger partial charge in [-0.05, 0) is 54.4 Å². The molecule has 0 heterocycles. The van der Waals surface area contributed by atoms with Crippen LogP contribution in [0.2, 0.25) is 5.02 Å². The summed E-state index contributed by atoms with van der Waals surface area (Å²) >= 11 is 5.79. The highest BCUT2D eigenvalue weighted by molar-refractivity contribution is 6.30. The van der Waals surface area contributed by atoms with Gasteiger partial charge in [0.1, 0.15) is 0 Å². The Morgan fingerprint density at radius 3 is 2.62 bits per heavy atom. The Hall–Kier alpha value is -2.53. The zero-order chi connectivity index (χ0) is 17.4. The third kappa shape index (κ3) is 4.99. The Labute approximate surface area is 146 Å². The van der Waals surface area contributed by atoms with Gasteiger partial charge in [0.2, 0.25) is 0 Å². The molecule has 0 aliphatic heterocycles. The van der Waals surface area contributed by atoms with Gasteiger partial charge in [-0.25, -0.2) is 5.43 Å². The van der Waals surface area contributed by atoms with Crippen LogP contribution < -0.4 is 14.9 Å². The zero-order valence-corrected chi connectivity index (χ0v) is 14.3. The first-order valence-corrected chi connectivity index (χ1v) is 7.91. The van der Waals surface area contributed by atoms with Crippen LogP contribution in [0.15, 0.2) is 47.6 Å². The van der Waals surface area contributed by atoms with E-state index >= 15 is 0 Å². The second-order valence-corrected chi connectivity index (χ2v) is 5.40. The van der Waals surface area contributed by atoms with Crippen LogP contribution in [-0.4, -0.2) is 25.8 Å². The lowest BCUT2D eigenvalue weighted by atomic mass is 10.2. The first-order chi connectivity index (χ1) is 11.6. The van der Waals surface area contributed by atoms with Gasteiger partial charge in [-0.3, -0.25) is 4.79 Å². The molecule has 2 rings (SSSR count). The number of amides is 1. The van der Waals surface area contributed by atoms with Gasteiger partial charge < -0.3 is 9.47 Å². The van der Waals surface area contributed by atoms with Crippen molar-refractivity contribution < 1.29 is 14.3 Å². The molecule has 6 heteroatoms. The number of carbonyl (C=O) groups excluding carboxylic acids is 1. The van der Waals surface area contributed by atoms with Crippen molar-refractivity contribution in [1.29, 1.82) is 0 Å². The van der Waals surface area contributed by atoms with Gasteiger partial charge in [0, 0.05) is 10.6 Å². The Morgan fingerprint density at radius 2 is 1.96 bits per heavy atom. The molecule has 1 amide bonds. The topological polar surface area (TPSA) is 59.9 Å². The monoisotopic (exact) mass is 346 g/mol. The van der Waals surface area contributed by atoms with Crippen LogP contribution in [0.3, 0.4) is 0 Å². The largest absolute Gasteiger partial charge is 0.493 e. The molecule has 0 aliphatic rings. The van der Waals surface area contributed by atoms with Crippen molar-refractivity contribution in [3.63, 3.8) is 0 Å². The van der Waals surface area contributed by atoms with E-state index in [4.69, 9.17) is 21.1 Å². The fourth-order valence-electron chi connectivity index (χ4n) is 1.93. The van der Waals surface area contributed by atoms with Crippen molar-refractivity contribution in [2.75, 3.05) is 13.7 Å². The minimum atomic E-state index is -0.308. The molecule has 0 aliphatic carbocycles. The number of hydrogen-bond donors (Lipinski definition) is 1. The van der Waals surface area contributed by atoms with Crippen LogP contribution >= 0.6 is 11.6 Å². The molecule has 0 atom stereocenters. The summed E-state index contributed by atoms with van der Waals surface area (Å²) in [6.07, 6.45) is 2.46. The van der Waals surface area contributed by atoms with E-state index in [1.54, 1.807) is 43.7 Å². The summed E-state index contributed by atoms with van der Waals surface area (Å²) in [7, 11) is 1.58. The van der Waals surface area contributed by atoms with Crippen LogP contribution in [0.4, 0.5) is 0 Å². The van der Waals surface area contributed by atoms with E-state index in [1.165, 1.54) is 0 Å². The molecule has 1 N–H and O–H groups in total. The van der Waals surface area contributed by atoms with E-state index in [0.717, 1.165) is 12.0 Å². The maximum absolute atomic E-state index is 11.9. The highest BCUT2D eigenvalue weighted by Gasteiger charge is 2.05. The lowest BCUT2D eigenvalue weighted by Gasteiger charge is -2.10. The number of benzene rings is 2. The van der Waals surface area contributed by atoms with Crippen LogP contribution in [0, 0.1) is 0 Å². The number of rotatable bonds is 7. The molecule has 0 bridgehead atoms. The van der Waals surface area contributed by atoms with Crippen molar-refractivity contribution in [3.05, 3.63) is 58.6 Å². The Balaban J connectivity index is 2.00. The molecular formula is C18H19ClN2O3. The van der Waals surface area contributed by atoms with E-state index in [-0.39, 0.29) is 5.91 Å². The summed E-state index contributed by atoms with van der Waals surface area (Å²) in [5.41, 5.74) is 3.74. The van der Waals surface area contributed by atoms with Crippen molar-refractivity contribution in [3.8, 4) is 11.5 Å². The van der Waals surface area contributed by atoms with Crippen LogP contribution in [0.1, 0.15) is 29.3 Å². The molecule has 0 radical (unpaired) electrons. The minimum Gasteiger partial charge on any atom is -0.493 e.